The van der Waals surface area contributed by atoms with Gasteiger partial charge in [0, 0.05) is 39.0 Å². The maximum Gasteiger partial charge on any atom is 0.220 e. The molecule has 8 heteroatoms. The van der Waals surface area contributed by atoms with Crippen LogP contribution in [0.5, 0.6) is 0 Å². The second-order valence-electron chi connectivity index (χ2n) is 7.52. The lowest BCUT2D eigenvalue weighted by Crippen LogP contribution is -2.33. The lowest BCUT2D eigenvalue weighted by atomic mass is 10.1. The molecular weight excluding hydrogens is 342 g/mol. The standard InChI is InChI=1S/C19H29N7O/c27-19(20-10-15-24-11-4-5-12-24)9-8-17-22-21-16-6-7-18(23-26(16)17)25-13-2-1-3-14-25/h6-7H,1-5,8-15H2,(H,20,27). The van der Waals surface area contributed by atoms with Gasteiger partial charge in [-0.25, -0.2) is 0 Å². The van der Waals surface area contributed by atoms with Crippen molar-refractivity contribution in [3.63, 3.8) is 0 Å². The van der Waals surface area contributed by atoms with E-state index in [4.69, 9.17) is 5.10 Å². The maximum atomic E-state index is 12.1. The van der Waals surface area contributed by atoms with Crippen molar-refractivity contribution in [2.24, 2.45) is 0 Å². The van der Waals surface area contributed by atoms with Gasteiger partial charge in [0.05, 0.1) is 0 Å². The predicted octanol–water partition coefficient (Wildman–Crippen LogP) is 1.26. The number of aryl methyl sites for hydroxylation is 1. The summed E-state index contributed by atoms with van der Waals surface area (Å²) in [5, 5.41) is 16.2. The Labute approximate surface area is 159 Å². The number of hydrogen-bond acceptors (Lipinski definition) is 6. The number of hydrogen-bond donors (Lipinski definition) is 1. The van der Waals surface area contributed by atoms with Gasteiger partial charge >= 0.3 is 0 Å². The minimum Gasteiger partial charge on any atom is -0.355 e. The van der Waals surface area contributed by atoms with Gasteiger partial charge in [-0.3, -0.25) is 4.79 Å². The van der Waals surface area contributed by atoms with Gasteiger partial charge in [-0.1, -0.05) is 0 Å². The molecule has 0 atom stereocenters. The molecule has 2 aliphatic rings. The molecule has 0 saturated carbocycles. The Morgan fingerprint density at radius 2 is 1.78 bits per heavy atom. The molecule has 146 valence electrons. The zero-order valence-corrected chi connectivity index (χ0v) is 15.9. The first-order chi connectivity index (χ1) is 13.3. The molecule has 0 unspecified atom stereocenters. The van der Waals surface area contributed by atoms with Gasteiger partial charge in [0.15, 0.2) is 11.5 Å². The smallest absolute Gasteiger partial charge is 0.220 e. The molecule has 8 nitrogen and oxygen atoms in total. The predicted molar refractivity (Wildman–Crippen MR) is 104 cm³/mol. The van der Waals surface area contributed by atoms with E-state index >= 15 is 0 Å². The number of likely N-dealkylation sites (tertiary alicyclic amines) is 1. The molecule has 2 aromatic rings. The molecule has 0 aliphatic carbocycles. The van der Waals surface area contributed by atoms with Gasteiger partial charge < -0.3 is 15.1 Å². The average Bonchev–Trinajstić information content (AvgIpc) is 3.36. The lowest BCUT2D eigenvalue weighted by molar-refractivity contribution is -0.121. The molecule has 0 bridgehead atoms. The first-order valence-corrected chi connectivity index (χ1v) is 10.2. The summed E-state index contributed by atoms with van der Waals surface area (Å²) < 4.78 is 1.79. The molecule has 2 aromatic heterocycles. The first-order valence-electron chi connectivity index (χ1n) is 10.2. The van der Waals surface area contributed by atoms with Crippen molar-refractivity contribution in [3.8, 4) is 0 Å². The monoisotopic (exact) mass is 371 g/mol. The third-order valence-corrected chi connectivity index (χ3v) is 5.52. The highest BCUT2D eigenvalue weighted by atomic mass is 16.1. The van der Waals surface area contributed by atoms with Gasteiger partial charge in [0.1, 0.15) is 5.82 Å². The van der Waals surface area contributed by atoms with Gasteiger partial charge in [0.25, 0.3) is 0 Å². The summed E-state index contributed by atoms with van der Waals surface area (Å²) in [6, 6.07) is 3.98. The number of carbonyl (C=O) groups excluding carboxylic acids is 1. The van der Waals surface area contributed by atoms with Crippen molar-refractivity contribution in [3.05, 3.63) is 18.0 Å². The third-order valence-electron chi connectivity index (χ3n) is 5.52. The topological polar surface area (TPSA) is 78.7 Å². The van der Waals surface area contributed by atoms with E-state index < -0.39 is 0 Å². The summed E-state index contributed by atoms with van der Waals surface area (Å²) in [4.78, 5) is 16.9. The fourth-order valence-electron chi connectivity index (χ4n) is 3.94. The highest BCUT2D eigenvalue weighted by molar-refractivity contribution is 5.76. The number of fused-ring (bicyclic) bond motifs is 1. The summed E-state index contributed by atoms with van der Waals surface area (Å²) in [6.07, 6.45) is 7.24. The van der Waals surface area contributed by atoms with Crippen molar-refractivity contribution in [1.82, 2.24) is 30.0 Å². The number of carbonyl (C=O) groups is 1. The first kappa shape index (κ1) is 18.2. The Morgan fingerprint density at radius 3 is 2.59 bits per heavy atom. The number of nitrogens with zero attached hydrogens (tertiary/aromatic N) is 6. The van der Waals surface area contributed by atoms with E-state index in [0.29, 0.717) is 12.8 Å². The SMILES string of the molecule is O=C(CCc1nnc2ccc(N3CCCCC3)nn12)NCCN1CCCC1. The van der Waals surface area contributed by atoms with Crippen LogP contribution < -0.4 is 10.2 Å². The number of piperidine rings is 1. The van der Waals surface area contributed by atoms with Crippen molar-refractivity contribution >= 4 is 17.4 Å². The minimum atomic E-state index is 0.0677. The van der Waals surface area contributed by atoms with E-state index in [-0.39, 0.29) is 5.91 Å². The van der Waals surface area contributed by atoms with Crippen LogP contribution in [0.3, 0.4) is 0 Å². The molecule has 2 fully saturated rings. The Bertz CT molecular complexity index is 763. The Morgan fingerprint density at radius 1 is 1.00 bits per heavy atom. The fourth-order valence-corrected chi connectivity index (χ4v) is 3.94. The molecule has 0 spiro atoms. The summed E-state index contributed by atoms with van der Waals surface area (Å²) in [7, 11) is 0. The molecule has 4 heterocycles. The quantitative estimate of drug-likeness (QED) is 0.789. The Kier molecular flexibility index (Phi) is 5.81. The van der Waals surface area contributed by atoms with Crippen LogP contribution in [0.1, 0.15) is 44.3 Å². The largest absolute Gasteiger partial charge is 0.355 e. The molecule has 4 rings (SSSR count). The number of rotatable bonds is 7. The molecule has 0 aromatic carbocycles. The highest BCUT2D eigenvalue weighted by Gasteiger charge is 2.16. The molecule has 27 heavy (non-hydrogen) atoms. The number of nitrogens with one attached hydrogen (secondary N) is 1. The molecule has 1 N–H and O–H groups in total. The maximum absolute atomic E-state index is 12.1. The van der Waals surface area contributed by atoms with Crippen LogP contribution in [0.2, 0.25) is 0 Å². The minimum absolute atomic E-state index is 0.0677. The van der Waals surface area contributed by atoms with E-state index in [1.165, 1.54) is 32.1 Å². The highest BCUT2D eigenvalue weighted by Crippen LogP contribution is 2.18. The zero-order chi connectivity index (χ0) is 18.5. The van der Waals surface area contributed by atoms with Crippen LogP contribution in [0.25, 0.3) is 5.65 Å². The lowest BCUT2D eigenvalue weighted by Gasteiger charge is -2.27. The second-order valence-corrected chi connectivity index (χ2v) is 7.52. The van der Waals surface area contributed by atoms with Crippen LogP contribution in [0.15, 0.2) is 12.1 Å². The van der Waals surface area contributed by atoms with Gasteiger partial charge in [0.2, 0.25) is 5.91 Å². The summed E-state index contributed by atoms with van der Waals surface area (Å²) in [5.74, 6) is 1.79. The number of aromatic nitrogens is 4. The number of amides is 1. The second kappa shape index (κ2) is 8.65. The molecule has 0 radical (unpaired) electrons. The van der Waals surface area contributed by atoms with E-state index in [9.17, 15) is 4.79 Å². The normalized spacial score (nSPS) is 18.3. The van der Waals surface area contributed by atoms with E-state index in [2.05, 4.69) is 25.3 Å². The number of anilines is 1. The van der Waals surface area contributed by atoms with Crippen LogP contribution in [-0.2, 0) is 11.2 Å². The molecule has 1 amide bonds. The molecule has 2 saturated heterocycles. The summed E-state index contributed by atoms with van der Waals surface area (Å²) >= 11 is 0. The molecule has 2 aliphatic heterocycles. The Balaban J connectivity index is 1.31. The van der Waals surface area contributed by atoms with Crippen molar-refractivity contribution in [2.75, 3.05) is 44.2 Å². The van der Waals surface area contributed by atoms with Crippen LogP contribution in [0.4, 0.5) is 5.82 Å². The van der Waals surface area contributed by atoms with Crippen molar-refractivity contribution in [1.29, 1.82) is 0 Å². The fraction of sp³-hybridized carbons (Fsp3) is 0.684. The summed E-state index contributed by atoms with van der Waals surface area (Å²) in [6.45, 7) is 6.08. The van der Waals surface area contributed by atoms with Gasteiger partial charge in [-0.2, -0.15) is 4.52 Å². The Hall–Kier alpha value is -2.22. The van der Waals surface area contributed by atoms with E-state index in [0.717, 1.165) is 56.6 Å². The average molecular weight is 371 g/mol. The van der Waals surface area contributed by atoms with Crippen LogP contribution >= 0.6 is 0 Å². The van der Waals surface area contributed by atoms with Crippen LogP contribution in [-0.4, -0.2) is 69.9 Å². The van der Waals surface area contributed by atoms with Gasteiger partial charge in [-0.15, -0.1) is 15.3 Å². The molecular formula is C19H29N7O. The van der Waals surface area contributed by atoms with Crippen molar-refractivity contribution in [2.45, 2.75) is 44.9 Å². The summed E-state index contributed by atoms with van der Waals surface area (Å²) in [5.41, 5.74) is 0.736. The third kappa shape index (κ3) is 4.55. The van der Waals surface area contributed by atoms with Crippen molar-refractivity contribution < 1.29 is 4.79 Å². The van der Waals surface area contributed by atoms with Crippen LogP contribution in [0, 0.1) is 0 Å². The van der Waals surface area contributed by atoms with E-state index in [1.807, 2.05) is 12.1 Å². The van der Waals surface area contributed by atoms with E-state index in [1.54, 1.807) is 4.52 Å². The zero-order valence-electron chi connectivity index (χ0n) is 15.9. The van der Waals surface area contributed by atoms with Gasteiger partial charge in [-0.05, 0) is 57.3 Å².